The van der Waals surface area contributed by atoms with Gasteiger partial charge in [0.25, 0.3) is 0 Å². The zero-order valence-electron chi connectivity index (χ0n) is 11.6. The van der Waals surface area contributed by atoms with Crippen LogP contribution in [0.1, 0.15) is 24.8 Å². The van der Waals surface area contributed by atoms with E-state index in [4.69, 9.17) is 5.11 Å². The van der Waals surface area contributed by atoms with Gasteiger partial charge in [-0.05, 0) is 18.4 Å². The molecule has 3 N–H and O–H groups in total. The van der Waals surface area contributed by atoms with E-state index >= 15 is 0 Å². The molecule has 0 aromatic heterocycles. The molecular weight excluding hydrogens is 272 g/mol. The smallest absolute Gasteiger partial charge is 0.329 e. The van der Waals surface area contributed by atoms with Gasteiger partial charge in [-0.1, -0.05) is 30.3 Å². The SMILES string of the molecule is O=C(Cc1ccccc1)NCCC(=O)NC1(C(=O)O)CC1. The Morgan fingerprint density at radius 1 is 1.10 bits per heavy atom. The average molecular weight is 290 g/mol. The molecule has 112 valence electrons. The molecule has 21 heavy (non-hydrogen) atoms. The minimum Gasteiger partial charge on any atom is -0.480 e. The number of amides is 2. The lowest BCUT2D eigenvalue weighted by molar-refractivity contribution is -0.143. The number of carboxylic acids is 1. The Kier molecular flexibility index (Phi) is 4.57. The lowest BCUT2D eigenvalue weighted by Gasteiger charge is -2.12. The number of benzene rings is 1. The molecule has 0 spiro atoms. The normalized spacial score (nSPS) is 15.0. The van der Waals surface area contributed by atoms with Crippen molar-refractivity contribution in [1.29, 1.82) is 0 Å². The molecule has 6 heteroatoms. The number of hydrogen-bond acceptors (Lipinski definition) is 3. The Morgan fingerprint density at radius 3 is 2.33 bits per heavy atom. The first-order chi connectivity index (χ1) is 10.0. The van der Waals surface area contributed by atoms with E-state index in [1.165, 1.54) is 0 Å². The van der Waals surface area contributed by atoms with Gasteiger partial charge >= 0.3 is 5.97 Å². The van der Waals surface area contributed by atoms with Crippen molar-refractivity contribution >= 4 is 17.8 Å². The van der Waals surface area contributed by atoms with Gasteiger partial charge in [0.15, 0.2) is 0 Å². The van der Waals surface area contributed by atoms with Crippen molar-refractivity contribution in [3.8, 4) is 0 Å². The Bertz CT molecular complexity index is 538. The van der Waals surface area contributed by atoms with Crippen LogP contribution in [-0.4, -0.2) is 35.0 Å². The standard InChI is InChI=1S/C15H18N2O4/c18-12(17-15(7-8-15)14(20)21)6-9-16-13(19)10-11-4-2-1-3-5-11/h1-5H,6-10H2,(H,16,19)(H,17,18)(H,20,21). The van der Waals surface area contributed by atoms with E-state index in [0.29, 0.717) is 12.8 Å². The molecule has 1 aliphatic carbocycles. The predicted molar refractivity (Wildman–Crippen MR) is 75.5 cm³/mol. The number of aliphatic carboxylic acids is 1. The molecule has 0 saturated heterocycles. The van der Waals surface area contributed by atoms with Crippen LogP contribution in [0.25, 0.3) is 0 Å². The van der Waals surface area contributed by atoms with Crippen LogP contribution >= 0.6 is 0 Å². The Balaban J connectivity index is 1.66. The zero-order chi connectivity index (χ0) is 15.3. The Morgan fingerprint density at radius 2 is 1.76 bits per heavy atom. The summed E-state index contributed by atoms with van der Waals surface area (Å²) >= 11 is 0. The number of rotatable bonds is 7. The molecule has 0 unspecified atom stereocenters. The van der Waals surface area contributed by atoms with Gasteiger partial charge < -0.3 is 15.7 Å². The molecule has 6 nitrogen and oxygen atoms in total. The van der Waals surface area contributed by atoms with Crippen LogP contribution < -0.4 is 10.6 Å². The molecule has 0 bridgehead atoms. The fourth-order valence-electron chi connectivity index (χ4n) is 2.01. The third kappa shape index (κ3) is 4.30. The first-order valence-corrected chi connectivity index (χ1v) is 6.87. The molecular formula is C15H18N2O4. The lowest BCUT2D eigenvalue weighted by atomic mass is 10.1. The van der Waals surface area contributed by atoms with Gasteiger partial charge in [-0.25, -0.2) is 4.79 Å². The summed E-state index contributed by atoms with van der Waals surface area (Å²) in [6.45, 7) is 0.202. The van der Waals surface area contributed by atoms with E-state index in [-0.39, 0.29) is 31.2 Å². The predicted octanol–water partition coefficient (Wildman–Crippen LogP) is 0.469. The van der Waals surface area contributed by atoms with Crippen molar-refractivity contribution in [2.75, 3.05) is 6.54 Å². The molecule has 2 rings (SSSR count). The van der Waals surface area contributed by atoms with Gasteiger partial charge in [-0.2, -0.15) is 0 Å². The zero-order valence-corrected chi connectivity index (χ0v) is 11.6. The molecule has 1 aromatic rings. The second-order valence-corrected chi connectivity index (χ2v) is 5.20. The van der Waals surface area contributed by atoms with Gasteiger partial charge in [-0.15, -0.1) is 0 Å². The van der Waals surface area contributed by atoms with E-state index < -0.39 is 11.5 Å². The number of carbonyl (C=O) groups excluding carboxylic acids is 2. The summed E-state index contributed by atoms with van der Waals surface area (Å²) in [7, 11) is 0. The largest absolute Gasteiger partial charge is 0.480 e. The molecule has 1 fully saturated rings. The highest BCUT2D eigenvalue weighted by Crippen LogP contribution is 2.35. The van der Waals surface area contributed by atoms with Crippen LogP contribution in [-0.2, 0) is 20.8 Å². The van der Waals surface area contributed by atoms with Gasteiger partial charge in [0.2, 0.25) is 11.8 Å². The second-order valence-electron chi connectivity index (χ2n) is 5.20. The summed E-state index contributed by atoms with van der Waals surface area (Å²) in [5.74, 6) is -1.51. The van der Waals surface area contributed by atoms with E-state index in [1.807, 2.05) is 30.3 Å². The number of carbonyl (C=O) groups is 3. The maximum atomic E-state index is 11.7. The summed E-state index contributed by atoms with van der Waals surface area (Å²) in [4.78, 5) is 34.2. The van der Waals surface area contributed by atoms with Crippen LogP contribution in [0, 0.1) is 0 Å². The maximum Gasteiger partial charge on any atom is 0.329 e. The Hall–Kier alpha value is -2.37. The van der Waals surface area contributed by atoms with Crippen LogP contribution in [0.3, 0.4) is 0 Å². The van der Waals surface area contributed by atoms with Crippen LogP contribution in [0.2, 0.25) is 0 Å². The summed E-state index contributed by atoms with van der Waals surface area (Å²) in [5.41, 5.74) is -0.159. The number of hydrogen-bond donors (Lipinski definition) is 3. The molecule has 0 atom stereocenters. The van der Waals surface area contributed by atoms with Gasteiger partial charge in [-0.3, -0.25) is 9.59 Å². The van der Waals surface area contributed by atoms with Crippen molar-refractivity contribution in [1.82, 2.24) is 10.6 Å². The molecule has 1 aromatic carbocycles. The third-order valence-electron chi connectivity index (χ3n) is 3.42. The van der Waals surface area contributed by atoms with E-state index in [0.717, 1.165) is 5.56 Å². The van der Waals surface area contributed by atoms with E-state index in [9.17, 15) is 14.4 Å². The molecule has 0 radical (unpaired) electrons. The highest BCUT2D eigenvalue weighted by Gasteiger charge is 2.51. The van der Waals surface area contributed by atoms with E-state index in [1.54, 1.807) is 0 Å². The maximum absolute atomic E-state index is 11.7. The number of carboxylic acid groups (broad SMARTS) is 1. The fraction of sp³-hybridized carbons (Fsp3) is 0.400. The summed E-state index contributed by atoms with van der Waals surface area (Å²) in [6, 6.07) is 9.31. The highest BCUT2D eigenvalue weighted by molar-refractivity contribution is 5.89. The minimum absolute atomic E-state index is 0.0789. The van der Waals surface area contributed by atoms with Crippen LogP contribution in [0.5, 0.6) is 0 Å². The molecule has 2 amide bonds. The number of nitrogens with one attached hydrogen (secondary N) is 2. The third-order valence-corrected chi connectivity index (χ3v) is 3.42. The molecule has 1 aliphatic rings. The quantitative estimate of drug-likeness (QED) is 0.680. The molecule has 0 aliphatic heterocycles. The van der Waals surface area contributed by atoms with Crippen molar-refractivity contribution in [2.45, 2.75) is 31.2 Å². The van der Waals surface area contributed by atoms with Crippen molar-refractivity contribution in [3.05, 3.63) is 35.9 Å². The van der Waals surface area contributed by atoms with Crippen molar-refractivity contribution in [2.24, 2.45) is 0 Å². The van der Waals surface area contributed by atoms with Crippen molar-refractivity contribution < 1.29 is 19.5 Å². The van der Waals surface area contributed by atoms with E-state index in [2.05, 4.69) is 10.6 Å². The summed E-state index contributed by atoms with van der Waals surface area (Å²) < 4.78 is 0. The highest BCUT2D eigenvalue weighted by atomic mass is 16.4. The van der Waals surface area contributed by atoms with Crippen LogP contribution in [0.4, 0.5) is 0 Å². The lowest BCUT2D eigenvalue weighted by Crippen LogP contribution is -2.44. The van der Waals surface area contributed by atoms with Gasteiger partial charge in [0.1, 0.15) is 5.54 Å². The first kappa shape index (κ1) is 15.0. The average Bonchev–Trinajstić information content (AvgIpc) is 3.20. The topological polar surface area (TPSA) is 95.5 Å². The monoisotopic (exact) mass is 290 g/mol. The second kappa shape index (κ2) is 6.39. The fourth-order valence-corrected chi connectivity index (χ4v) is 2.01. The van der Waals surface area contributed by atoms with Crippen LogP contribution in [0.15, 0.2) is 30.3 Å². The minimum atomic E-state index is -1.06. The van der Waals surface area contributed by atoms with Gasteiger partial charge in [0.05, 0.1) is 6.42 Å². The molecule has 1 saturated carbocycles. The Labute approximate surface area is 122 Å². The summed E-state index contributed by atoms with van der Waals surface area (Å²) in [6.07, 6.45) is 1.28. The van der Waals surface area contributed by atoms with Gasteiger partial charge in [0, 0.05) is 13.0 Å². The summed E-state index contributed by atoms with van der Waals surface area (Å²) in [5, 5.41) is 14.1. The first-order valence-electron chi connectivity index (χ1n) is 6.87. The molecule has 0 heterocycles. The van der Waals surface area contributed by atoms with Crippen molar-refractivity contribution in [3.63, 3.8) is 0 Å².